The molecule has 31 heavy (non-hydrogen) atoms. The van der Waals surface area contributed by atoms with E-state index in [1.54, 1.807) is 36.5 Å². The second-order valence-electron chi connectivity index (χ2n) is 7.53. The maximum absolute atomic E-state index is 13.0. The molecule has 0 aliphatic rings. The Morgan fingerprint density at radius 3 is 2.65 bits per heavy atom. The van der Waals surface area contributed by atoms with Crippen molar-refractivity contribution in [3.8, 4) is 11.3 Å². The van der Waals surface area contributed by atoms with E-state index in [2.05, 4.69) is 5.32 Å². The Hall–Kier alpha value is -3.22. The fourth-order valence-electron chi connectivity index (χ4n) is 3.63. The molecular weight excluding hydrogens is 410 g/mol. The Kier molecular flexibility index (Phi) is 6.30. The van der Waals surface area contributed by atoms with E-state index in [-0.39, 0.29) is 29.4 Å². The molecule has 4 aromatic rings. The van der Waals surface area contributed by atoms with Gasteiger partial charge >= 0.3 is 0 Å². The Bertz CT molecular complexity index is 1250. The fourth-order valence-corrected chi connectivity index (χ4v) is 4.31. The lowest BCUT2D eigenvalue weighted by molar-refractivity contribution is 0.0940. The maximum atomic E-state index is 13.0. The number of amides is 1. The molecule has 2 aromatic carbocycles. The number of aliphatic hydroxyl groups is 1. The van der Waals surface area contributed by atoms with Crippen molar-refractivity contribution in [2.75, 3.05) is 13.2 Å². The number of aliphatic hydroxyl groups excluding tert-OH is 1. The normalized spacial score (nSPS) is 12.1. The van der Waals surface area contributed by atoms with Gasteiger partial charge in [0.05, 0.1) is 10.9 Å². The molecule has 158 valence electrons. The highest BCUT2D eigenvalue weighted by atomic mass is 32.1. The minimum absolute atomic E-state index is 0.0297. The summed E-state index contributed by atoms with van der Waals surface area (Å²) in [6.07, 6.45) is 0.683. The van der Waals surface area contributed by atoms with Crippen molar-refractivity contribution in [3.05, 3.63) is 92.3 Å². The van der Waals surface area contributed by atoms with E-state index in [1.807, 2.05) is 47.2 Å². The first-order valence-corrected chi connectivity index (χ1v) is 11.0. The largest absolute Gasteiger partial charge is 0.455 e. The summed E-state index contributed by atoms with van der Waals surface area (Å²) in [7, 11) is 0. The quantitative estimate of drug-likeness (QED) is 0.452. The number of benzene rings is 2. The number of fused-ring (bicyclic) bond motifs is 1. The first kappa shape index (κ1) is 21.0. The van der Waals surface area contributed by atoms with Crippen LogP contribution in [0.2, 0.25) is 0 Å². The molecule has 4 rings (SSSR count). The lowest BCUT2D eigenvalue weighted by Gasteiger charge is -2.15. The first-order chi connectivity index (χ1) is 15.1. The number of thiophene rings is 1. The second kappa shape index (κ2) is 9.29. The third kappa shape index (κ3) is 4.45. The zero-order valence-corrected chi connectivity index (χ0v) is 17.9. The lowest BCUT2D eigenvalue weighted by atomic mass is 10.0. The van der Waals surface area contributed by atoms with Gasteiger partial charge in [0.1, 0.15) is 5.76 Å². The van der Waals surface area contributed by atoms with Gasteiger partial charge in [-0.25, -0.2) is 0 Å². The first-order valence-electron chi connectivity index (χ1n) is 10.1. The van der Waals surface area contributed by atoms with E-state index in [4.69, 9.17) is 4.42 Å². The van der Waals surface area contributed by atoms with Crippen molar-refractivity contribution in [3.63, 3.8) is 0 Å². The summed E-state index contributed by atoms with van der Waals surface area (Å²) >= 11 is 1.61. The van der Waals surface area contributed by atoms with Gasteiger partial charge in [-0.2, -0.15) is 11.3 Å². The number of hydrogen-bond acceptors (Lipinski definition) is 5. The molecular formula is C25H23NO4S. The Labute approximate surface area is 184 Å². The molecule has 0 saturated heterocycles. The lowest BCUT2D eigenvalue weighted by Crippen LogP contribution is -2.32. The van der Waals surface area contributed by atoms with E-state index < -0.39 is 0 Å². The number of nitrogens with one attached hydrogen (secondary N) is 1. The smallest absolute Gasteiger partial charge is 0.255 e. The summed E-state index contributed by atoms with van der Waals surface area (Å²) in [5.41, 5.74) is 2.85. The highest BCUT2D eigenvalue weighted by Gasteiger charge is 2.19. The van der Waals surface area contributed by atoms with Crippen molar-refractivity contribution in [2.24, 2.45) is 5.92 Å². The van der Waals surface area contributed by atoms with E-state index in [9.17, 15) is 14.7 Å². The average molecular weight is 434 g/mol. The van der Waals surface area contributed by atoms with Gasteiger partial charge in [0.2, 0.25) is 0 Å². The van der Waals surface area contributed by atoms with Crippen LogP contribution in [0.1, 0.15) is 21.5 Å². The van der Waals surface area contributed by atoms with Crippen LogP contribution >= 0.6 is 11.3 Å². The van der Waals surface area contributed by atoms with Crippen molar-refractivity contribution in [1.29, 1.82) is 0 Å². The molecule has 2 N–H and O–H groups in total. The van der Waals surface area contributed by atoms with Gasteiger partial charge < -0.3 is 14.8 Å². The minimum Gasteiger partial charge on any atom is -0.455 e. The highest BCUT2D eigenvalue weighted by molar-refractivity contribution is 7.07. The second-order valence-corrected chi connectivity index (χ2v) is 8.31. The third-order valence-corrected chi connectivity index (χ3v) is 6.07. The SMILES string of the molecule is Cc1c(-c2ccccc2)oc2c(C(=O)NCC(CO)Cc3ccsc3)cccc2c1=O. The van der Waals surface area contributed by atoms with Gasteiger partial charge in [-0.05, 0) is 47.9 Å². The number of rotatable bonds is 7. The summed E-state index contributed by atoms with van der Waals surface area (Å²) < 4.78 is 6.12. The van der Waals surface area contributed by atoms with E-state index in [0.717, 1.165) is 11.1 Å². The van der Waals surface area contributed by atoms with Gasteiger partial charge in [0.25, 0.3) is 5.91 Å². The van der Waals surface area contributed by atoms with Gasteiger partial charge in [-0.1, -0.05) is 36.4 Å². The Morgan fingerprint density at radius 2 is 1.94 bits per heavy atom. The third-order valence-electron chi connectivity index (χ3n) is 5.34. The Morgan fingerprint density at radius 1 is 1.13 bits per heavy atom. The topological polar surface area (TPSA) is 79.5 Å². The average Bonchev–Trinajstić information content (AvgIpc) is 3.32. The fraction of sp³-hybridized carbons (Fsp3) is 0.200. The van der Waals surface area contributed by atoms with E-state index in [0.29, 0.717) is 35.2 Å². The van der Waals surface area contributed by atoms with Crippen LogP contribution in [0.3, 0.4) is 0 Å². The van der Waals surface area contributed by atoms with Crippen molar-refractivity contribution >= 4 is 28.2 Å². The van der Waals surface area contributed by atoms with Crippen molar-refractivity contribution in [1.82, 2.24) is 5.32 Å². The van der Waals surface area contributed by atoms with Crippen molar-refractivity contribution in [2.45, 2.75) is 13.3 Å². The molecule has 1 amide bonds. The van der Waals surface area contributed by atoms with Gasteiger partial charge in [-0.3, -0.25) is 9.59 Å². The molecule has 5 nitrogen and oxygen atoms in total. The Balaban J connectivity index is 1.64. The predicted molar refractivity (Wildman–Crippen MR) is 124 cm³/mol. The van der Waals surface area contributed by atoms with E-state index in [1.165, 1.54) is 0 Å². The molecule has 2 aromatic heterocycles. The predicted octanol–water partition coefficient (Wildman–Crippen LogP) is 4.41. The highest BCUT2D eigenvalue weighted by Crippen LogP contribution is 2.27. The number of para-hydroxylation sites is 1. The van der Waals surface area contributed by atoms with Crippen LogP contribution in [0.5, 0.6) is 0 Å². The molecule has 0 aliphatic carbocycles. The molecule has 2 heterocycles. The van der Waals surface area contributed by atoms with Crippen LogP contribution < -0.4 is 10.7 Å². The van der Waals surface area contributed by atoms with Crippen molar-refractivity contribution < 1.29 is 14.3 Å². The van der Waals surface area contributed by atoms with Crippen LogP contribution in [-0.4, -0.2) is 24.2 Å². The van der Waals surface area contributed by atoms with Crippen LogP contribution in [0.4, 0.5) is 0 Å². The molecule has 0 bridgehead atoms. The molecule has 1 atom stereocenters. The van der Waals surface area contributed by atoms with Crippen LogP contribution in [0.15, 0.2) is 74.6 Å². The summed E-state index contributed by atoms with van der Waals surface area (Å²) in [5.74, 6) is 0.0343. The molecule has 0 saturated carbocycles. The van der Waals surface area contributed by atoms with Gasteiger partial charge in [0.15, 0.2) is 11.0 Å². The zero-order chi connectivity index (χ0) is 21.8. The minimum atomic E-state index is -0.333. The molecule has 0 spiro atoms. The zero-order valence-electron chi connectivity index (χ0n) is 17.1. The molecule has 0 aliphatic heterocycles. The summed E-state index contributed by atoms with van der Waals surface area (Å²) in [5, 5.41) is 17.0. The number of carbonyl (C=O) groups excluding carboxylic acids is 1. The number of carbonyl (C=O) groups is 1. The summed E-state index contributed by atoms with van der Waals surface area (Å²) in [6.45, 7) is 2.03. The monoisotopic (exact) mass is 433 g/mol. The molecule has 0 radical (unpaired) electrons. The van der Waals surface area contributed by atoms with Crippen LogP contribution in [-0.2, 0) is 6.42 Å². The molecule has 1 unspecified atom stereocenters. The van der Waals surface area contributed by atoms with Crippen LogP contribution in [0, 0.1) is 12.8 Å². The molecule has 6 heteroatoms. The van der Waals surface area contributed by atoms with E-state index >= 15 is 0 Å². The van der Waals surface area contributed by atoms with Crippen LogP contribution in [0.25, 0.3) is 22.3 Å². The molecule has 0 fully saturated rings. The standard InChI is InChI=1S/C25H23NO4S/c1-16-22(28)20-8-5-9-21(24(20)30-23(16)19-6-3-2-4-7-19)25(29)26-13-18(14-27)12-17-10-11-31-15-17/h2-11,15,18,27H,12-14H2,1H3,(H,26,29). The summed E-state index contributed by atoms with van der Waals surface area (Å²) in [6, 6.07) is 16.4. The summed E-state index contributed by atoms with van der Waals surface area (Å²) in [4.78, 5) is 25.9. The maximum Gasteiger partial charge on any atom is 0.255 e. The van der Waals surface area contributed by atoms with Gasteiger partial charge in [-0.15, -0.1) is 0 Å². The number of hydrogen-bond donors (Lipinski definition) is 2. The van der Waals surface area contributed by atoms with Gasteiger partial charge in [0, 0.05) is 30.2 Å².